The standard InChI is InChI=1S/C21H21IN4O3/c1-21(2,3)20(26-19(29)12-6-8-13(22)9-7-12)25-16-15(17(27)18(16)28)24-14-5-4-10-23-11-14/h4-11,20,24-25H,1-3H3,(H,26,29). The van der Waals surface area contributed by atoms with E-state index in [4.69, 9.17) is 0 Å². The Bertz CT molecular complexity index is 1080. The van der Waals surface area contributed by atoms with Crippen LogP contribution >= 0.6 is 22.6 Å². The normalized spacial score (nSPS) is 12.4. The van der Waals surface area contributed by atoms with E-state index in [1.165, 1.54) is 0 Å². The zero-order valence-electron chi connectivity index (χ0n) is 16.2. The number of carbonyl (C=O) groups excluding carboxylic acids is 1. The molecule has 0 fully saturated rings. The molecular weight excluding hydrogens is 483 g/mol. The Morgan fingerprint density at radius 2 is 1.69 bits per heavy atom. The van der Waals surface area contributed by atoms with Gasteiger partial charge in [0.15, 0.2) is 0 Å². The summed E-state index contributed by atoms with van der Waals surface area (Å²) in [4.78, 5) is 40.9. The predicted octanol–water partition coefficient (Wildman–Crippen LogP) is 3.24. The van der Waals surface area contributed by atoms with Crippen molar-refractivity contribution in [2.75, 3.05) is 10.6 Å². The van der Waals surface area contributed by atoms with Crippen molar-refractivity contribution in [1.82, 2.24) is 10.3 Å². The van der Waals surface area contributed by atoms with Gasteiger partial charge in [-0.3, -0.25) is 19.4 Å². The minimum atomic E-state index is -0.617. The van der Waals surface area contributed by atoms with Gasteiger partial charge in [-0.05, 0) is 59.0 Å². The number of halogens is 1. The third-order valence-electron chi connectivity index (χ3n) is 4.38. The number of nitrogens with one attached hydrogen (secondary N) is 3. The van der Waals surface area contributed by atoms with E-state index in [9.17, 15) is 14.4 Å². The fourth-order valence-electron chi connectivity index (χ4n) is 2.66. The summed E-state index contributed by atoms with van der Waals surface area (Å²) < 4.78 is 1.03. The highest BCUT2D eigenvalue weighted by Gasteiger charge is 2.31. The number of pyridine rings is 1. The van der Waals surface area contributed by atoms with Gasteiger partial charge in [0.25, 0.3) is 16.8 Å². The minimum absolute atomic E-state index is 0.154. The van der Waals surface area contributed by atoms with Crippen LogP contribution in [0.4, 0.5) is 17.1 Å². The van der Waals surface area contributed by atoms with Crippen LogP contribution in [0.25, 0.3) is 0 Å². The number of aromatic nitrogens is 1. The Balaban J connectivity index is 1.82. The molecule has 29 heavy (non-hydrogen) atoms. The number of hydrogen-bond acceptors (Lipinski definition) is 6. The first-order valence-corrected chi connectivity index (χ1v) is 10.1. The zero-order chi connectivity index (χ0) is 21.2. The summed E-state index contributed by atoms with van der Waals surface area (Å²) in [5, 5.41) is 8.90. The number of benzene rings is 1. The summed E-state index contributed by atoms with van der Waals surface area (Å²) in [6.07, 6.45) is 2.59. The highest BCUT2D eigenvalue weighted by atomic mass is 127. The van der Waals surface area contributed by atoms with Gasteiger partial charge in [-0.2, -0.15) is 0 Å². The van der Waals surface area contributed by atoms with Crippen LogP contribution in [0.3, 0.4) is 0 Å². The molecule has 1 aromatic heterocycles. The Hall–Kier alpha value is -2.75. The van der Waals surface area contributed by atoms with E-state index < -0.39 is 22.4 Å². The van der Waals surface area contributed by atoms with E-state index in [2.05, 4.69) is 43.5 Å². The quantitative estimate of drug-likeness (QED) is 0.271. The monoisotopic (exact) mass is 504 g/mol. The lowest BCUT2D eigenvalue weighted by Gasteiger charge is -2.33. The number of carbonyl (C=O) groups is 1. The molecule has 0 bridgehead atoms. The summed E-state index contributed by atoms with van der Waals surface area (Å²) >= 11 is 2.17. The van der Waals surface area contributed by atoms with Crippen LogP contribution in [0.15, 0.2) is 58.4 Å². The molecule has 1 amide bonds. The summed E-state index contributed by atoms with van der Waals surface area (Å²) in [7, 11) is 0. The first-order valence-electron chi connectivity index (χ1n) is 9.00. The molecule has 3 rings (SSSR count). The molecule has 2 aromatic carbocycles. The van der Waals surface area contributed by atoms with Crippen LogP contribution < -0.4 is 26.8 Å². The average Bonchev–Trinajstić information content (AvgIpc) is 2.69. The van der Waals surface area contributed by atoms with Gasteiger partial charge < -0.3 is 16.0 Å². The van der Waals surface area contributed by atoms with Crippen LogP contribution in [0.5, 0.6) is 0 Å². The number of nitrogens with zero attached hydrogens (tertiary/aromatic N) is 1. The Labute approximate surface area is 181 Å². The summed E-state index contributed by atoms with van der Waals surface area (Å²) in [5.74, 6) is -0.269. The van der Waals surface area contributed by atoms with Crippen molar-refractivity contribution in [3.63, 3.8) is 0 Å². The molecule has 1 heterocycles. The lowest BCUT2D eigenvalue weighted by Crippen LogP contribution is -2.51. The molecule has 0 radical (unpaired) electrons. The van der Waals surface area contributed by atoms with Gasteiger partial charge in [-0.25, -0.2) is 0 Å². The molecule has 3 N–H and O–H groups in total. The Morgan fingerprint density at radius 3 is 2.28 bits per heavy atom. The molecule has 7 nitrogen and oxygen atoms in total. The third-order valence-corrected chi connectivity index (χ3v) is 5.10. The first kappa shape index (κ1) is 21.0. The second-order valence-corrected chi connectivity index (χ2v) is 8.94. The maximum Gasteiger partial charge on any atom is 0.253 e. The topological polar surface area (TPSA) is 100 Å². The van der Waals surface area contributed by atoms with Crippen molar-refractivity contribution in [1.29, 1.82) is 0 Å². The van der Waals surface area contributed by atoms with Crippen LogP contribution in [0.2, 0.25) is 0 Å². The van der Waals surface area contributed by atoms with E-state index in [0.717, 1.165) is 3.57 Å². The second-order valence-electron chi connectivity index (χ2n) is 7.70. The van der Waals surface area contributed by atoms with E-state index in [0.29, 0.717) is 11.3 Å². The lowest BCUT2D eigenvalue weighted by atomic mass is 9.91. The van der Waals surface area contributed by atoms with Gasteiger partial charge >= 0.3 is 0 Å². The molecule has 3 aromatic rings. The summed E-state index contributed by atoms with van der Waals surface area (Å²) in [6, 6.07) is 10.6. The van der Waals surface area contributed by atoms with E-state index in [-0.39, 0.29) is 17.3 Å². The fraction of sp³-hybridized carbons (Fsp3) is 0.238. The molecule has 150 valence electrons. The number of hydrogen-bond donors (Lipinski definition) is 3. The van der Waals surface area contributed by atoms with Gasteiger partial charge in [0, 0.05) is 20.7 Å². The van der Waals surface area contributed by atoms with Crippen molar-refractivity contribution >= 4 is 45.6 Å². The molecule has 8 heteroatoms. The Kier molecular flexibility index (Phi) is 6.02. The highest BCUT2D eigenvalue weighted by molar-refractivity contribution is 14.1. The van der Waals surface area contributed by atoms with Crippen molar-refractivity contribution < 1.29 is 4.79 Å². The van der Waals surface area contributed by atoms with Gasteiger partial charge in [0.2, 0.25) is 0 Å². The molecule has 0 aliphatic carbocycles. The van der Waals surface area contributed by atoms with Crippen molar-refractivity contribution in [3.05, 3.63) is 78.4 Å². The molecule has 0 saturated heterocycles. The molecule has 0 aliphatic rings. The van der Waals surface area contributed by atoms with Crippen molar-refractivity contribution in [2.24, 2.45) is 5.41 Å². The van der Waals surface area contributed by atoms with Crippen LogP contribution in [-0.2, 0) is 0 Å². The Morgan fingerprint density at radius 1 is 1.03 bits per heavy atom. The molecular formula is C21H21IN4O3. The van der Waals surface area contributed by atoms with Crippen molar-refractivity contribution in [2.45, 2.75) is 26.9 Å². The SMILES string of the molecule is CC(C)(C)C(NC(=O)c1ccc(I)cc1)Nc1c(Nc2cccnc2)c(=O)c1=O. The molecule has 0 spiro atoms. The lowest BCUT2D eigenvalue weighted by molar-refractivity contribution is 0.0913. The molecule has 0 saturated carbocycles. The average molecular weight is 504 g/mol. The van der Waals surface area contributed by atoms with E-state index in [1.54, 1.807) is 36.7 Å². The fourth-order valence-corrected chi connectivity index (χ4v) is 3.02. The molecule has 1 atom stereocenters. The maximum absolute atomic E-state index is 12.7. The second kappa shape index (κ2) is 8.32. The van der Waals surface area contributed by atoms with E-state index in [1.807, 2.05) is 32.9 Å². The largest absolute Gasteiger partial charge is 0.360 e. The third kappa shape index (κ3) is 4.81. The van der Waals surface area contributed by atoms with Crippen LogP contribution in [0, 0.1) is 8.99 Å². The van der Waals surface area contributed by atoms with Gasteiger partial charge in [-0.1, -0.05) is 20.8 Å². The smallest absolute Gasteiger partial charge is 0.253 e. The number of amides is 1. The van der Waals surface area contributed by atoms with Gasteiger partial charge in [0.1, 0.15) is 17.5 Å². The molecule has 0 aliphatic heterocycles. The summed E-state index contributed by atoms with van der Waals surface area (Å²) in [6.45, 7) is 5.79. The van der Waals surface area contributed by atoms with Crippen LogP contribution in [-0.4, -0.2) is 17.1 Å². The van der Waals surface area contributed by atoms with Crippen molar-refractivity contribution in [3.8, 4) is 0 Å². The molecule has 1 unspecified atom stereocenters. The number of anilines is 3. The van der Waals surface area contributed by atoms with Gasteiger partial charge in [0.05, 0.1) is 11.9 Å². The minimum Gasteiger partial charge on any atom is -0.360 e. The highest BCUT2D eigenvalue weighted by Crippen LogP contribution is 2.26. The van der Waals surface area contributed by atoms with E-state index >= 15 is 0 Å². The maximum atomic E-state index is 12.7. The van der Waals surface area contributed by atoms with Crippen LogP contribution in [0.1, 0.15) is 31.1 Å². The van der Waals surface area contributed by atoms with Gasteiger partial charge in [-0.15, -0.1) is 0 Å². The first-order chi connectivity index (χ1) is 13.7. The summed E-state index contributed by atoms with van der Waals surface area (Å²) in [5.41, 5.74) is -0.216. The number of rotatable bonds is 6. The zero-order valence-corrected chi connectivity index (χ0v) is 18.4. The predicted molar refractivity (Wildman–Crippen MR) is 122 cm³/mol.